The second kappa shape index (κ2) is 5.89. The van der Waals surface area contributed by atoms with Crippen molar-refractivity contribution in [1.82, 2.24) is 0 Å². The minimum absolute atomic E-state index is 0.558. The highest BCUT2D eigenvalue weighted by atomic mass is 14.2. The molecule has 0 bridgehead atoms. The summed E-state index contributed by atoms with van der Waals surface area (Å²) in [5.74, 6) is 1.41. The van der Waals surface area contributed by atoms with Crippen LogP contribution in [-0.4, -0.2) is 0 Å². The van der Waals surface area contributed by atoms with Crippen LogP contribution in [0.4, 0.5) is 0 Å². The fraction of sp³-hybridized carbons (Fsp3) is 0.500. The van der Waals surface area contributed by atoms with Crippen LogP contribution in [0.1, 0.15) is 50.5 Å². The minimum Gasteiger partial charge on any atom is -0.0848 e. The largest absolute Gasteiger partial charge is 0.0848 e. The van der Waals surface area contributed by atoms with Gasteiger partial charge in [-0.25, -0.2) is 0 Å². The van der Waals surface area contributed by atoms with Crippen molar-refractivity contribution in [2.75, 3.05) is 0 Å². The Kier molecular flexibility index (Phi) is 4.21. The van der Waals surface area contributed by atoms with Crippen LogP contribution in [0, 0.1) is 5.92 Å². The third-order valence-corrected chi connectivity index (χ3v) is 3.65. The van der Waals surface area contributed by atoms with Gasteiger partial charge in [0.05, 0.1) is 0 Å². The summed E-state index contributed by atoms with van der Waals surface area (Å²) in [6.07, 6.45) is 11.9. The van der Waals surface area contributed by atoms with E-state index in [1.54, 1.807) is 0 Å². The lowest BCUT2D eigenvalue weighted by atomic mass is 9.88. The molecule has 1 fully saturated rings. The molecule has 1 aromatic carbocycles. The molecule has 0 saturated heterocycles. The Balaban J connectivity index is 1.91. The van der Waals surface area contributed by atoms with Crippen LogP contribution in [-0.2, 0) is 0 Å². The SMILES string of the molecule is CC(/C=C/C1CCCCC1)c1ccccc1. The van der Waals surface area contributed by atoms with Crippen molar-refractivity contribution in [1.29, 1.82) is 0 Å². The van der Waals surface area contributed by atoms with E-state index in [9.17, 15) is 0 Å². The summed E-state index contributed by atoms with van der Waals surface area (Å²) in [5, 5.41) is 0. The number of benzene rings is 1. The fourth-order valence-electron chi connectivity index (χ4n) is 2.52. The summed E-state index contributed by atoms with van der Waals surface area (Å²) < 4.78 is 0. The molecule has 0 amide bonds. The van der Waals surface area contributed by atoms with Gasteiger partial charge in [0, 0.05) is 0 Å². The van der Waals surface area contributed by atoms with Crippen molar-refractivity contribution in [3.63, 3.8) is 0 Å². The van der Waals surface area contributed by atoms with Gasteiger partial charge in [-0.15, -0.1) is 0 Å². The molecule has 0 N–H and O–H groups in total. The third-order valence-electron chi connectivity index (χ3n) is 3.65. The van der Waals surface area contributed by atoms with Crippen LogP contribution in [0.3, 0.4) is 0 Å². The zero-order valence-corrected chi connectivity index (χ0v) is 10.2. The highest BCUT2D eigenvalue weighted by Gasteiger charge is 2.10. The topological polar surface area (TPSA) is 0 Å². The molecule has 2 rings (SSSR count). The van der Waals surface area contributed by atoms with Crippen LogP contribution < -0.4 is 0 Å². The summed E-state index contributed by atoms with van der Waals surface area (Å²) in [6.45, 7) is 2.29. The lowest BCUT2D eigenvalue weighted by Gasteiger charge is -2.18. The van der Waals surface area contributed by atoms with Gasteiger partial charge in [0.15, 0.2) is 0 Å². The summed E-state index contributed by atoms with van der Waals surface area (Å²) >= 11 is 0. The van der Waals surface area contributed by atoms with Gasteiger partial charge in [0.1, 0.15) is 0 Å². The minimum atomic E-state index is 0.558. The summed E-state index contributed by atoms with van der Waals surface area (Å²) in [5.41, 5.74) is 1.43. The van der Waals surface area contributed by atoms with Crippen LogP contribution in [0.5, 0.6) is 0 Å². The summed E-state index contributed by atoms with van der Waals surface area (Å²) in [6, 6.07) is 10.8. The molecule has 16 heavy (non-hydrogen) atoms. The summed E-state index contributed by atoms with van der Waals surface area (Å²) in [7, 11) is 0. The third kappa shape index (κ3) is 3.23. The Labute approximate surface area is 99.4 Å². The van der Waals surface area contributed by atoms with Crippen molar-refractivity contribution in [3.8, 4) is 0 Å². The van der Waals surface area contributed by atoms with Gasteiger partial charge in [-0.2, -0.15) is 0 Å². The fourth-order valence-corrected chi connectivity index (χ4v) is 2.52. The van der Waals surface area contributed by atoms with E-state index in [1.165, 1.54) is 37.7 Å². The van der Waals surface area contributed by atoms with E-state index in [0.29, 0.717) is 5.92 Å². The van der Waals surface area contributed by atoms with E-state index in [-0.39, 0.29) is 0 Å². The molecular weight excluding hydrogens is 192 g/mol. The second-order valence-corrected chi connectivity index (χ2v) is 4.98. The van der Waals surface area contributed by atoms with Crippen LogP contribution in [0.2, 0.25) is 0 Å². The standard InChI is InChI=1S/C16H22/c1-14(16-10-6-3-7-11-16)12-13-15-8-4-2-5-9-15/h3,6-7,10-15H,2,4-5,8-9H2,1H3/b13-12+. The number of rotatable bonds is 3. The number of allylic oxidation sites excluding steroid dienone is 2. The molecule has 1 aliphatic carbocycles. The average molecular weight is 214 g/mol. The molecule has 0 spiro atoms. The van der Waals surface area contributed by atoms with Crippen molar-refractivity contribution < 1.29 is 0 Å². The Bertz CT molecular complexity index is 317. The molecule has 0 aliphatic heterocycles. The van der Waals surface area contributed by atoms with E-state index in [1.807, 2.05) is 0 Å². The van der Waals surface area contributed by atoms with Gasteiger partial charge in [-0.05, 0) is 30.2 Å². The highest BCUT2D eigenvalue weighted by Crippen LogP contribution is 2.26. The first kappa shape index (κ1) is 11.4. The average Bonchev–Trinajstić information content (AvgIpc) is 2.38. The van der Waals surface area contributed by atoms with Crippen LogP contribution in [0.15, 0.2) is 42.5 Å². The highest BCUT2D eigenvalue weighted by molar-refractivity contribution is 5.22. The van der Waals surface area contributed by atoms with Crippen LogP contribution in [0.25, 0.3) is 0 Å². The Hall–Kier alpha value is -1.04. The molecule has 0 aromatic heterocycles. The first-order valence-electron chi connectivity index (χ1n) is 6.59. The maximum absolute atomic E-state index is 2.46. The van der Waals surface area contributed by atoms with Crippen LogP contribution >= 0.6 is 0 Å². The molecule has 1 saturated carbocycles. The van der Waals surface area contributed by atoms with E-state index in [2.05, 4.69) is 49.4 Å². The Morgan fingerprint density at radius 2 is 1.75 bits per heavy atom. The van der Waals surface area contributed by atoms with Gasteiger partial charge < -0.3 is 0 Å². The van der Waals surface area contributed by atoms with Gasteiger partial charge in [-0.3, -0.25) is 0 Å². The first-order chi connectivity index (χ1) is 7.86. The zero-order valence-electron chi connectivity index (χ0n) is 10.2. The number of hydrogen-bond donors (Lipinski definition) is 0. The lowest BCUT2D eigenvalue weighted by molar-refractivity contribution is 0.418. The van der Waals surface area contributed by atoms with Gasteiger partial charge >= 0.3 is 0 Å². The van der Waals surface area contributed by atoms with E-state index in [0.717, 1.165) is 5.92 Å². The summed E-state index contributed by atoms with van der Waals surface area (Å²) in [4.78, 5) is 0. The van der Waals surface area contributed by atoms with E-state index in [4.69, 9.17) is 0 Å². The Morgan fingerprint density at radius 1 is 1.06 bits per heavy atom. The molecule has 0 heteroatoms. The molecular formula is C16H22. The lowest BCUT2D eigenvalue weighted by Crippen LogP contribution is -2.03. The van der Waals surface area contributed by atoms with E-state index < -0.39 is 0 Å². The van der Waals surface area contributed by atoms with Crippen molar-refractivity contribution >= 4 is 0 Å². The van der Waals surface area contributed by atoms with Crippen molar-refractivity contribution in [3.05, 3.63) is 48.0 Å². The molecule has 1 unspecified atom stereocenters. The maximum Gasteiger partial charge on any atom is -0.00103 e. The molecule has 1 aliphatic rings. The normalized spacial score (nSPS) is 20.1. The Morgan fingerprint density at radius 3 is 2.44 bits per heavy atom. The van der Waals surface area contributed by atoms with Crippen molar-refractivity contribution in [2.24, 2.45) is 5.92 Å². The molecule has 1 atom stereocenters. The first-order valence-corrected chi connectivity index (χ1v) is 6.59. The molecule has 0 nitrogen and oxygen atoms in total. The molecule has 1 aromatic rings. The van der Waals surface area contributed by atoms with Crippen molar-refractivity contribution in [2.45, 2.75) is 44.9 Å². The zero-order chi connectivity index (χ0) is 11.2. The number of hydrogen-bond acceptors (Lipinski definition) is 0. The second-order valence-electron chi connectivity index (χ2n) is 4.98. The quantitative estimate of drug-likeness (QED) is 0.626. The van der Waals surface area contributed by atoms with Gasteiger partial charge in [0.2, 0.25) is 0 Å². The predicted molar refractivity (Wildman–Crippen MR) is 70.6 cm³/mol. The van der Waals surface area contributed by atoms with Gasteiger partial charge in [0.25, 0.3) is 0 Å². The van der Waals surface area contributed by atoms with E-state index >= 15 is 0 Å². The predicted octanol–water partition coefficient (Wildman–Crippen LogP) is 4.93. The molecule has 0 radical (unpaired) electrons. The monoisotopic (exact) mass is 214 g/mol. The maximum atomic E-state index is 2.46. The van der Waals surface area contributed by atoms with Gasteiger partial charge in [-0.1, -0.05) is 68.7 Å². The molecule has 86 valence electrons. The molecule has 0 heterocycles. The smallest absolute Gasteiger partial charge is 0.00103 e.